The molecule has 0 aliphatic carbocycles. The summed E-state index contributed by atoms with van der Waals surface area (Å²) >= 11 is 0. The van der Waals surface area contributed by atoms with Crippen molar-refractivity contribution in [3.8, 4) is 5.75 Å². The Kier molecular flexibility index (Phi) is 3.42. The monoisotopic (exact) mass is 274 g/mol. The fourth-order valence-electron chi connectivity index (χ4n) is 3.69. The predicted octanol–water partition coefficient (Wildman–Crippen LogP) is 1.77. The van der Waals surface area contributed by atoms with Crippen LogP contribution in [0.4, 0.5) is 0 Å². The fourth-order valence-corrected chi connectivity index (χ4v) is 3.69. The van der Waals surface area contributed by atoms with Gasteiger partial charge in [0.25, 0.3) is 5.91 Å². The van der Waals surface area contributed by atoms with Gasteiger partial charge in [-0.1, -0.05) is 13.0 Å². The van der Waals surface area contributed by atoms with Crippen LogP contribution in [-0.2, 0) is 0 Å². The molecule has 108 valence electrons. The highest BCUT2D eigenvalue weighted by Gasteiger charge is 2.45. The lowest BCUT2D eigenvalue weighted by molar-refractivity contribution is 0.0711. The van der Waals surface area contributed by atoms with Gasteiger partial charge in [-0.25, -0.2) is 0 Å². The van der Waals surface area contributed by atoms with E-state index in [0.717, 1.165) is 31.6 Å². The molecule has 0 saturated carbocycles. The van der Waals surface area contributed by atoms with Crippen LogP contribution in [0.2, 0.25) is 0 Å². The van der Waals surface area contributed by atoms with Gasteiger partial charge in [-0.05, 0) is 42.9 Å². The summed E-state index contributed by atoms with van der Waals surface area (Å²) in [5.41, 5.74) is 1.40. The number of benzene rings is 1. The maximum absolute atomic E-state index is 12.7. The second-order valence-electron chi connectivity index (χ2n) is 6.02. The van der Waals surface area contributed by atoms with E-state index in [-0.39, 0.29) is 11.7 Å². The molecule has 3 atom stereocenters. The normalized spacial score (nSPS) is 28.7. The Bertz CT molecular complexity index is 529. The topological polar surface area (TPSA) is 52.6 Å². The molecule has 2 fully saturated rings. The summed E-state index contributed by atoms with van der Waals surface area (Å²) in [6, 6.07) is 5.54. The third kappa shape index (κ3) is 2.08. The SMILES string of the molecule is CCC1C2CNCC2CN1C(=O)c1ccc(C)c(O)c1. The predicted molar refractivity (Wildman–Crippen MR) is 77.8 cm³/mol. The Morgan fingerprint density at radius 1 is 1.45 bits per heavy atom. The fraction of sp³-hybridized carbons (Fsp3) is 0.562. The first-order chi connectivity index (χ1) is 9.61. The Morgan fingerprint density at radius 3 is 2.95 bits per heavy atom. The number of amides is 1. The molecule has 1 aromatic carbocycles. The summed E-state index contributed by atoms with van der Waals surface area (Å²) in [6.45, 7) is 6.86. The van der Waals surface area contributed by atoms with Crippen molar-refractivity contribution in [1.29, 1.82) is 0 Å². The largest absolute Gasteiger partial charge is 0.508 e. The second kappa shape index (κ2) is 5.09. The molecule has 1 aromatic rings. The van der Waals surface area contributed by atoms with Crippen LogP contribution in [0.1, 0.15) is 29.3 Å². The lowest BCUT2D eigenvalue weighted by Gasteiger charge is -2.27. The number of aromatic hydroxyl groups is 1. The number of rotatable bonds is 2. The van der Waals surface area contributed by atoms with Gasteiger partial charge in [0.2, 0.25) is 0 Å². The lowest BCUT2D eigenvalue weighted by atomic mass is 9.93. The van der Waals surface area contributed by atoms with E-state index in [1.807, 2.05) is 24.0 Å². The standard InChI is InChI=1S/C16H22N2O2/c1-3-14-13-8-17-7-12(13)9-18(14)16(20)11-5-4-10(2)15(19)6-11/h4-6,12-14,17,19H,3,7-9H2,1-2H3. The van der Waals surface area contributed by atoms with E-state index in [0.29, 0.717) is 23.4 Å². The van der Waals surface area contributed by atoms with Crippen LogP contribution in [0.15, 0.2) is 18.2 Å². The summed E-state index contributed by atoms with van der Waals surface area (Å²) < 4.78 is 0. The molecule has 1 amide bonds. The van der Waals surface area contributed by atoms with Gasteiger partial charge in [0.1, 0.15) is 5.75 Å². The first-order valence-electron chi connectivity index (χ1n) is 7.43. The quantitative estimate of drug-likeness (QED) is 0.864. The van der Waals surface area contributed by atoms with E-state index in [4.69, 9.17) is 0 Å². The molecule has 2 aliphatic heterocycles. The van der Waals surface area contributed by atoms with Crippen LogP contribution in [0.5, 0.6) is 5.75 Å². The van der Waals surface area contributed by atoms with Crippen LogP contribution >= 0.6 is 0 Å². The first kappa shape index (κ1) is 13.4. The minimum atomic E-state index is 0.0570. The molecular formula is C16H22N2O2. The molecule has 2 heterocycles. The highest BCUT2D eigenvalue weighted by atomic mass is 16.3. The van der Waals surface area contributed by atoms with Crippen LogP contribution in [0.25, 0.3) is 0 Å². The van der Waals surface area contributed by atoms with Crippen LogP contribution in [0, 0.1) is 18.8 Å². The molecule has 2 aliphatic rings. The smallest absolute Gasteiger partial charge is 0.254 e. The van der Waals surface area contributed by atoms with Gasteiger partial charge in [0.05, 0.1) is 0 Å². The van der Waals surface area contributed by atoms with Crippen molar-refractivity contribution in [3.63, 3.8) is 0 Å². The van der Waals surface area contributed by atoms with E-state index in [2.05, 4.69) is 12.2 Å². The Labute approximate surface area is 119 Å². The highest BCUT2D eigenvalue weighted by molar-refractivity contribution is 5.95. The lowest BCUT2D eigenvalue weighted by Crippen LogP contribution is -2.39. The average molecular weight is 274 g/mol. The highest BCUT2D eigenvalue weighted by Crippen LogP contribution is 2.35. The summed E-state index contributed by atoms with van der Waals surface area (Å²) in [6.07, 6.45) is 0.992. The van der Waals surface area contributed by atoms with Crippen molar-refractivity contribution < 1.29 is 9.90 Å². The Balaban J connectivity index is 1.84. The van der Waals surface area contributed by atoms with E-state index in [1.165, 1.54) is 0 Å². The van der Waals surface area contributed by atoms with Gasteiger partial charge in [0, 0.05) is 31.2 Å². The van der Waals surface area contributed by atoms with Crippen molar-refractivity contribution in [2.45, 2.75) is 26.3 Å². The summed E-state index contributed by atoms with van der Waals surface area (Å²) in [5.74, 6) is 1.43. The molecule has 0 spiro atoms. The number of carbonyl (C=O) groups is 1. The first-order valence-corrected chi connectivity index (χ1v) is 7.43. The summed E-state index contributed by atoms with van der Waals surface area (Å²) in [4.78, 5) is 14.7. The number of nitrogens with one attached hydrogen (secondary N) is 1. The van der Waals surface area contributed by atoms with Crippen molar-refractivity contribution in [2.75, 3.05) is 19.6 Å². The zero-order valence-electron chi connectivity index (χ0n) is 12.1. The summed E-state index contributed by atoms with van der Waals surface area (Å²) in [7, 11) is 0. The van der Waals surface area contributed by atoms with Gasteiger partial charge >= 0.3 is 0 Å². The third-order valence-corrected chi connectivity index (χ3v) is 4.85. The number of hydrogen-bond donors (Lipinski definition) is 2. The number of likely N-dealkylation sites (tertiary alicyclic amines) is 1. The number of aryl methyl sites for hydroxylation is 1. The van der Waals surface area contributed by atoms with Gasteiger partial charge in [-0.3, -0.25) is 4.79 Å². The molecule has 2 saturated heterocycles. The van der Waals surface area contributed by atoms with E-state index in [9.17, 15) is 9.90 Å². The molecule has 4 nitrogen and oxygen atoms in total. The van der Waals surface area contributed by atoms with Crippen molar-refractivity contribution in [2.24, 2.45) is 11.8 Å². The molecule has 20 heavy (non-hydrogen) atoms. The molecule has 0 radical (unpaired) electrons. The minimum absolute atomic E-state index is 0.0570. The Morgan fingerprint density at radius 2 is 2.25 bits per heavy atom. The number of hydrogen-bond acceptors (Lipinski definition) is 3. The number of fused-ring (bicyclic) bond motifs is 1. The number of carbonyl (C=O) groups excluding carboxylic acids is 1. The van der Waals surface area contributed by atoms with E-state index < -0.39 is 0 Å². The molecule has 3 unspecified atom stereocenters. The zero-order chi connectivity index (χ0) is 14.3. The van der Waals surface area contributed by atoms with Crippen molar-refractivity contribution in [3.05, 3.63) is 29.3 Å². The Hall–Kier alpha value is -1.55. The number of phenols is 1. The van der Waals surface area contributed by atoms with E-state index >= 15 is 0 Å². The number of phenolic OH excluding ortho intramolecular Hbond substituents is 1. The van der Waals surface area contributed by atoms with Crippen LogP contribution < -0.4 is 5.32 Å². The van der Waals surface area contributed by atoms with Gasteiger partial charge in [0.15, 0.2) is 0 Å². The minimum Gasteiger partial charge on any atom is -0.508 e. The molecule has 0 bridgehead atoms. The zero-order valence-corrected chi connectivity index (χ0v) is 12.1. The van der Waals surface area contributed by atoms with Crippen LogP contribution in [0.3, 0.4) is 0 Å². The molecule has 2 N–H and O–H groups in total. The molecule has 0 aromatic heterocycles. The molecule has 4 heteroatoms. The number of nitrogens with zero attached hydrogens (tertiary/aromatic N) is 1. The van der Waals surface area contributed by atoms with Crippen LogP contribution in [-0.4, -0.2) is 41.6 Å². The molecule has 3 rings (SSSR count). The summed E-state index contributed by atoms with van der Waals surface area (Å²) in [5, 5.41) is 13.2. The average Bonchev–Trinajstić information content (AvgIpc) is 3.01. The molecular weight excluding hydrogens is 252 g/mol. The second-order valence-corrected chi connectivity index (χ2v) is 6.02. The third-order valence-electron chi connectivity index (χ3n) is 4.85. The van der Waals surface area contributed by atoms with E-state index in [1.54, 1.807) is 6.07 Å². The van der Waals surface area contributed by atoms with Gasteiger partial charge in [-0.15, -0.1) is 0 Å². The van der Waals surface area contributed by atoms with Crippen molar-refractivity contribution >= 4 is 5.91 Å². The van der Waals surface area contributed by atoms with Crippen molar-refractivity contribution in [1.82, 2.24) is 10.2 Å². The maximum atomic E-state index is 12.7. The maximum Gasteiger partial charge on any atom is 0.254 e. The van der Waals surface area contributed by atoms with Gasteiger partial charge < -0.3 is 15.3 Å². The van der Waals surface area contributed by atoms with Gasteiger partial charge in [-0.2, -0.15) is 0 Å².